The molecular formula is C23H31N5O. The van der Waals surface area contributed by atoms with Crippen molar-refractivity contribution in [3.05, 3.63) is 60.7 Å². The van der Waals surface area contributed by atoms with Crippen molar-refractivity contribution in [2.75, 3.05) is 20.2 Å². The number of rotatable bonds is 9. The van der Waals surface area contributed by atoms with Crippen LogP contribution in [0.25, 0.3) is 10.8 Å². The summed E-state index contributed by atoms with van der Waals surface area (Å²) in [5.74, 6) is 3.28. The fourth-order valence-electron chi connectivity index (χ4n) is 3.18. The summed E-state index contributed by atoms with van der Waals surface area (Å²) in [7, 11) is 1.78. The SMILES string of the molecule is CN=C(NCCCOc1ccc2ccccc2c1)NCc1nccn1CC(C)C. The van der Waals surface area contributed by atoms with Gasteiger partial charge >= 0.3 is 0 Å². The lowest BCUT2D eigenvalue weighted by Crippen LogP contribution is -2.38. The Hall–Kier alpha value is -3.02. The van der Waals surface area contributed by atoms with Crippen molar-refractivity contribution in [3.63, 3.8) is 0 Å². The fourth-order valence-corrected chi connectivity index (χ4v) is 3.18. The Balaban J connectivity index is 1.38. The van der Waals surface area contributed by atoms with Gasteiger partial charge in [0.05, 0.1) is 13.2 Å². The van der Waals surface area contributed by atoms with Gasteiger partial charge in [-0.2, -0.15) is 0 Å². The molecule has 6 nitrogen and oxygen atoms in total. The summed E-state index contributed by atoms with van der Waals surface area (Å²) in [5, 5.41) is 9.08. The van der Waals surface area contributed by atoms with E-state index in [9.17, 15) is 0 Å². The maximum absolute atomic E-state index is 5.89. The summed E-state index contributed by atoms with van der Waals surface area (Å²) >= 11 is 0. The maximum atomic E-state index is 5.89. The Morgan fingerprint density at radius 3 is 2.76 bits per heavy atom. The van der Waals surface area contributed by atoms with Gasteiger partial charge in [-0.15, -0.1) is 0 Å². The summed E-state index contributed by atoms with van der Waals surface area (Å²) in [5.41, 5.74) is 0. The number of aliphatic imine (C=N–C) groups is 1. The van der Waals surface area contributed by atoms with E-state index in [0.717, 1.165) is 37.0 Å². The molecule has 0 saturated carbocycles. The second-order valence-electron chi connectivity index (χ2n) is 7.45. The first-order chi connectivity index (χ1) is 14.2. The summed E-state index contributed by atoms with van der Waals surface area (Å²) in [6.45, 7) is 7.46. The number of nitrogens with zero attached hydrogens (tertiary/aromatic N) is 3. The number of imidazole rings is 1. The first-order valence-corrected chi connectivity index (χ1v) is 10.2. The first kappa shape index (κ1) is 20.7. The van der Waals surface area contributed by atoms with Crippen LogP contribution in [-0.4, -0.2) is 35.7 Å². The highest BCUT2D eigenvalue weighted by Crippen LogP contribution is 2.20. The fraction of sp³-hybridized carbons (Fsp3) is 0.391. The molecule has 29 heavy (non-hydrogen) atoms. The van der Waals surface area contributed by atoms with Crippen molar-refractivity contribution in [1.29, 1.82) is 0 Å². The summed E-state index contributed by atoms with van der Waals surface area (Å²) in [6, 6.07) is 14.5. The molecule has 0 unspecified atom stereocenters. The van der Waals surface area contributed by atoms with Crippen LogP contribution in [-0.2, 0) is 13.1 Å². The highest BCUT2D eigenvalue weighted by molar-refractivity contribution is 5.83. The lowest BCUT2D eigenvalue weighted by atomic mass is 10.1. The van der Waals surface area contributed by atoms with E-state index in [0.29, 0.717) is 19.1 Å². The molecule has 0 spiro atoms. The zero-order valence-corrected chi connectivity index (χ0v) is 17.6. The highest BCUT2D eigenvalue weighted by Gasteiger charge is 2.06. The van der Waals surface area contributed by atoms with Gasteiger partial charge in [0.2, 0.25) is 0 Å². The van der Waals surface area contributed by atoms with Gasteiger partial charge in [-0.3, -0.25) is 4.99 Å². The Morgan fingerprint density at radius 1 is 1.14 bits per heavy atom. The van der Waals surface area contributed by atoms with Crippen molar-refractivity contribution < 1.29 is 4.74 Å². The molecule has 0 radical (unpaired) electrons. The normalized spacial score (nSPS) is 11.8. The average molecular weight is 394 g/mol. The molecule has 1 heterocycles. The molecule has 0 fully saturated rings. The van der Waals surface area contributed by atoms with E-state index in [-0.39, 0.29) is 0 Å². The van der Waals surface area contributed by atoms with E-state index in [1.165, 1.54) is 10.8 Å². The lowest BCUT2D eigenvalue weighted by molar-refractivity contribution is 0.311. The first-order valence-electron chi connectivity index (χ1n) is 10.2. The molecule has 2 aromatic carbocycles. The Kier molecular flexibility index (Phi) is 7.50. The number of guanidine groups is 1. The van der Waals surface area contributed by atoms with Crippen LogP contribution in [0, 0.1) is 5.92 Å². The maximum Gasteiger partial charge on any atom is 0.191 e. The van der Waals surface area contributed by atoms with E-state index in [1.807, 2.05) is 30.6 Å². The molecule has 2 N–H and O–H groups in total. The third kappa shape index (κ3) is 6.24. The van der Waals surface area contributed by atoms with E-state index < -0.39 is 0 Å². The van der Waals surface area contributed by atoms with Crippen LogP contribution >= 0.6 is 0 Å². The van der Waals surface area contributed by atoms with Gasteiger partial charge in [0, 0.05) is 32.5 Å². The number of hydrogen-bond acceptors (Lipinski definition) is 3. The van der Waals surface area contributed by atoms with Crippen LogP contribution in [0.2, 0.25) is 0 Å². The van der Waals surface area contributed by atoms with Crippen molar-refractivity contribution in [1.82, 2.24) is 20.2 Å². The summed E-state index contributed by atoms with van der Waals surface area (Å²) < 4.78 is 8.07. The van der Waals surface area contributed by atoms with Crippen molar-refractivity contribution in [2.45, 2.75) is 33.4 Å². The molecule has 6 heteroatoms. The monoisotopic (exact) mass is 393 g/mol. The van der Waals surface area contributed by atoms with E-state index >= 15 is 0 Å². The van der Waals surface area contributed by atoms with Gasteiger partial charge in [-0.05, 0) is 35.2 Å². The van der Waals surface area contributed by atoms with Crippen LogP contribution in [0.1, 0.15) is 26.1 Å². The number of benzene rings is 2. The topological polar surface area (TPSA) is 63.5 Å². The molecule has 3 rings (SSSR count). The predicted octanol–water partition coefficient (Wildman–Crippen LogP) is 3.83. The van der Waals surface area contributed by atoms with Gasteiger partial charge in [-0.1, -0.05) is 44.2 Å². The minimum absolute atomic E-state index is 0.586. The molecule has 0 aliphatic heterocycles. The second-order valence-corrected chi connectivity index (χ2v) is 7.45. The number of ether oxygens (including phenoxy) is 1. The van der Waals surface area contributed by atoms with Gasteiger partial charge in [-0.25, -0.2) is 4.98 Å². The Morgan fingerprint density at radius 2 is 1.97 bits per heavy atom. The molecule has 0 amide bonds. The van der Waals surface area contributed by atoms with Crippen LogP contribution < -0.4 is 15.4 Å². The zero-order chi connectivity index (χ0) is 20.5. The molecule has 0 bridgehead atoms. The van der Waals surface area contributed by atoms with E-state index in [4.69, 9.17) is 4.74 Å². The number of aromatic nitrogens is 2. The van der Waals surface area contributed by atoms with Crippen LogP contribution in [0.3, 0.4) is 0 Å². The molecular weight excluding hydrogens is 362 g/mol. The van der Waals surface area contributed by atoms with Crippen LogP contribution in [0.5, 0.6) is 5.75 Å². The smallest absolute Gasteiger partial charge is 0.191 e. The standard InChI is InChI=1S/C23H31N5O/c1-18(2)17-28-13-12-25-22(28)16-27-23(24-3)26-11-6-14-29-21-10-9-19-7-4-5-8-20(19)15-21/h4-5,7-10,12-13,15,18H,6,11,14,16-17H2,1-3H3,(H2,24,26,27). The lowest BCUT2D eigenvalue weighted by Gasteiger charge is -2.14. The molecule has 0 saturated heterocycles. The molecule has 3 aromatic rings. The minimum Gasteiger partial charge on any atom is -0.494 e. The molecule has 0 aliphatic rings. The average Bonchev–Trinajstić information content (AvgIpc) is 3.16. The van der Waals surface area contributed by atoms with Crippen LogP contribution in [0.4, 0.5) is 0 Å². The minimum atomic E-state index is 0.586. The Labute approximate surface area is 173 Å². The van der Waals surface area contributed by atoms with Crippen molar-refractivity contribution in [3.8, 4) is 5.75 Å². The number of fused-ring (bicyclic) bond motifs is 1. The van der Waals surface area contributed by atoms with E-state index in [1.54, 1.807) is 7.05 Å². The Bertz CT molecular complexity index is 932. The summed E-state index contributed by atoms with van der Waals surface area (Å²) in [4.78, 5) is 8.72. The quantitative estimate of drug-likeness (QED) is 0.329. The molecule has 1 aromatic heterocycles. The highest BCUT2D eigenvalue weighted by atomic mass is 16.5. The van der Waals surface area contributed by atoms with Crippen molar-refractivity contribution >= 4 is 16.7 Å². The largest absolute Gasteiger partial charge is 0.494 e. The third-order valence-electron chi connectivity index (χ3n) is 4.60. The third-order valence-corrected chi connectivity index (χ3v) is 4.60. The van der Waals surface area contributed by atoms with Crippen LogP contribution in [0.15, 0.2) is 59.9 Å². The molecule has 154 valence electrons. The van der Waals surface area contributed by atoms with Gasteiger partial charge in [0.15, 0.2) is 5.96 Å². The van der Waals surface area contributed by atoms with Gasteiger partial charge in [0.1, 0.15) is 11.6 Å². The second kappa shape index (κ2) is 10.5. The van der Waals surface area contributed by atoms with Gasteiger partial charge < -0.3 is 19.9 Å². The predicted molar refractivity (Wildman–Crippen MR) is 119 cm³/mol. The van der Waals surface area contributed by atoms with E-state index in [2.05, 4.69) is 63.3 Å². The summed E-state index contributed by atoms with van der Waals surface area (Å²) in [6.07, 6.45) is 4.76. The molecule has 0 atom stereocenters. The number of nitrogens with one attached hydrogen (secondary N) is 2. The van der Waals surface area contributed by atoms with Gasteiger partial charge in [0.25, 0.3) is 0 Å². The molecule has 0 aliphatic carbocycles. The number of hydrogen-bond donors (Lipinski definition) is 2. The zero-order valence-electron chi connectivity index (χ0n) is 17.6. The van der Waals surface area contributed by atoms with Crippen molar-refractivity contribution in [2.24, 2.45) is 10.9 Å².